The fourth-order valence-corrected chi connectivity index (χ4v) is 5.05. The van der Waals surface area contributed by atoms with Gasteiger partial charge in [0.15, 0.2) is 5.13 Å². The van der Waals surface area contributed by atoms with Crippen molar-refractivity contribution in [2.24, 2.45) is 0 Å². The Hall–Kier alpha value is -2.85. The van der Waals surface area contributed by atoms with Gasteiger partial charge in [0.1, 0.15) is 17.0 Å². The van der Waals surface area contributed by atoms with Crippen molar-refractivity contribution in [3.05, 3.63) is 53.3 Å². The van der Waals surface area contributed by atoms with Crippen LogP contribution in [-0.2, 0) is 4.74 Å². The van der Waals surface area contributed by atoms with Crippen LogP contribution in [0.3, 0.4) is 0 Å². The van der Waals surface area contributed by atoms with E-state index in [0.717, 1.165) is 23.3 Å². The van der Waals surface area contributed by atoms with Gasteiger partial charge in [-0.3, -0.25) is 19.6 Å². The van der Waals surface area contributed by atoms with Crippen molar-refractivity contribution in [3.8, 4) is 5.75 Å². The quantitative estimate of drug-likeness (QED) is 0.411. The molecule has 0 bridgehead atoms. The molecule has 2 aromatic carbocycles. The Morgan fingerprint density at radius 2 is 1.97 bits per heavy atom. The Kier molecular flexibility index (Phi) is 6.37. The van der Waals surface area contributed by atoms with Crippen molar-refractivity contribution in [3.63, 3.8) is 0 Å². The van der Waals surface area contributed by atoms with E-state index in [1.54, 1.807) is 24.1 Å². The number of hydrogen-bond donors (Lipinski definition) is 0. The number of fused-ring (bicyclic) bond motifs is 2. The molecule has 4 aromatic rings. The van der Waals surface area contributed by atoms with Crippen LogP contribution in [0.2, 0.25) is 5.02 Å². The van der Waals surface area contributed by atoms with Crippen LogP contribution in [0.25, 0.3) is 21.3 Å². The summed E-state index contributed by atoms with van der Waals surface area (Å²) in [6.07, 6.45) is 1.52. The fourth-order valence-electron chi connectivity index (χ4n) is 3.77. The lowest BCUT2D eigenvalue weighted by atomic mass is 10.3. The molecule has 0 aliphatic carbocycles. The van der Waals surface area contributed by atoms with Gasteiger partial charge in [-0.2, -0.15) is 0 Å². The number of carbonyl (C=O) groups excluding carboxylic acids is 1. The first-order chi connectivity index (χ1) is 16.1. The summed E-state index contributed by atoms with van der Waals surface area (Å²) in [7, 11) is 1.59. The van der Waals surface area contributed by atoms with E-state index in [0.29, 0.717) is 53.2 Å². The van der Waals surface area contributed by atoms with Crippen LogP contribution in [0.1, 0.15) is 10.5 Å². The van der Waals surface area contributed by atoms with Crippen LogP contribution in [0, 0.1) is 0 Å². The lowest BCUT2D eigenvalue weighted by Crippen LogP contribution is -2.43. The van der Waals surface area contributed by atoms with E-state index < -0.39 is 0 Å². The molecule has 170 valence electrons. The molecular weight excluding hydrogens is 462 g/mol. The number of morpholine rings is 1. The van der Waals surface area contributed by atoms with E-state index in [9.17, 15) is 4.79 Å². The maximum Gasteiger partial charge on any atom is 0.280 e. The number of rotatable bonds is 6. The third kappa shape index (κ3) is 4.49. The predicted molar refractivity (Wildman–Crippen MR) is 130 cm³/mol. The molecule has 1 aliphatic rings. The molecule has 0 atom stereocenters. The summed E-state index contributed by atoms with van der Waals surface area (Å²) in [6, 6.07) is 11.0. The normalized spacial score (nSPS) is 14.6. The first kappa shape index (κ1) is 22.0. The minimum Gasteiger partial charge on any atom is -0.494 e. The van der Waals surface area contributed by atoms with E-state index in [2.05, 4.69) is 14.9 Å². The molecule has 3 heterocycles. The highest BCUT2D eigenvalue weighted by atomic mass is 35.5. The summed E-state index contributed by atoms with van der Waals surface area (Å²) in [4.78, 5) is 31.3. The van der Waals surface area contributed by atoms with Gasteiger partial charge in [0.25, 0.3) is 5.91 Å². The summed E-state index contributed by atoms with van der Waals surface area (Å²) in [5.41, 5.74) is 2.32. The van der Waals surface area contributed by atoms with Crippen LogP contribution in [-0.4, -0.2) is 72.3 Å². The van der Waals surface area contributed by atoms with E-state index in [1.807, 2.05) is 24.3 Å². The Labute approximate surface area is 199 Å². The molecule has 10 heteroatoms. The number of amides is 1. The zero-order valence-electron chi connectivity index (χ0n) is 18.0. The van der Waals surface area contributed by atoms with Crippen LogP contribution < -0.4 is 9.64 Å². The standard InChI is InChI=1S/C23H22ClN5O3S/c1-31-19-7-6-15(24)21-20(19)27-23(33-21)29(9-8-28-10-12-32-13-11-28)22(30)18-14-25-16-4-2-3-5-17(16)26-18/h2-7,14H,8-13H2,1H3. The largest absolute Gasteiger partial charge is 0.494 e. The zero-order valence-corrected chi connectivity index (χ0v) is 19.6. The van der Waals surface area contributed by atoms with E-state index in [-0.39, 0.29) is 11.6 Å². The highest BCUT2D eigenvalue weighted by Gasteiger charge is 2.25. The first-order valence-corrected chi connectivity index (χ1v) is 11.8. The van der Waals surface area contributed by atoms with Crippen molar-refractivity contribution in [2.75, 3.05) is 51.4 Å². The van der Waals surface area contributed by atoms with Gasteiger partial charge in [0, 0.05) is 26.2 Å². The summed E-state index contributed by atoms with van der Waals surface area (Å²) in [6.45, 7) is 4.19. The van der Waals surface area contributed by atoms with Gasteiger partial charge in [0.05, 0.1) is 47.3 Å². The minimum atomic E-state index is -0.254. The lowest BCUT2D eigenvalue weighted by molar-refractivity contribution is 0.0391. The SMILES string of the molecule is COc1ccc(Cl)c2sc(N(CCN3CCOCC3)C(=O)c3cnc4ccccc4n3)nc12. The van der Waals surface area contributed by atoms with E-state index >= 15 is 0 Å². The van der Waals surface area contributed by atoms with Gasteiger partial charge in [-0.25, -0.2) is 9.97 Å². The Morgan fingerprint density at radius 3 is 2.76 bits per heavy atom. The Bertz CT molecular complexity index is 1310. The minimum absolute atomic E-state index is 0.254. The molecule has 2 aromatic heterocycles. The number of anilines is 1. The van der Waals surface area contributed by atoms with Crippen molar-refractivity contribution in [1.82, 2.24) is 19.9 Å². The molecule has 0 spiro atoms. The number of hydrogen-bond acceptors (Lipinski definition) is 8. The number of ether oxygens (including phenoxy) is 2. The second-order valence-corrected chi connectivity index (χ2v) is 8.96. The molecule has 1 amide bonds. The van der Waals surface area contributed by atoms with Crippen molar-refractivity contribution in [1.29, 1.82) is 0 Å². The number of para-hydroxylation sites is 2. The van der Waals surface area contributed by atoms with Crippen molar-refractivity contribution < 1.29 is 14.3 Å². The van der Waals surface area contributed by atoms with Gasteiger partial charge < -0.3 is 9.47 Å². The van der Waals surface area contributed by atoms with Gasteiger partial charge in [0.2, 0.25) is 0 Å². The molecule has 8 nitrogen and oxygen atoms in total. The average molecular weight is 484 g/mol. The fraction of sp³-hybridized carbons (Fsp3) is 0.304. The number of thiazole rings is 1. The van der Waals surface area contributed by atoms with Gasteiger partial charge in [-0.15, -0.1) is 0 Å². The number of aromatic nitrogens is 3. The van der Waals surface area contributed by atoms with Crippen LogP contribution in [0.5, 0.6) is 5.75 Å². The number of methoxy groups -OCH3 is 1. The van der Waals surface area contributed by atoms with Gasteiger partial charge >= 0.3 is 0 Å². The summed E-state index contributed by atoms with van der Waals surface area (Å²) in [5.74, 6) is 0.360. The second kappa shape index (κ2) is 9.56. The monoisotopic (exact) mass is 483 g/mol. The molecule has 0 N–H and O–H groups in total. The average Bonchev–Trinajstić information content (AvgIpc) is 3.31. The molecular formula is C23H22ClN5O3S. The summed E-state index contributed by atoms with van der Waals surface area (Å²) >= 11 is 7.80. The predicted octanol–water partition coefficient (Wildman–Crippen LogP) is 3.88. The third-order valence-electron chi connectivity index (χ3n) is 5.55. The number of nitrogens with zero attached hydrogens (tertiary/aromatic N) is 5. The Morgan fingerprint density at radius 1 is 1.18 bits per heavy atom. The number of carbonyl (C=O) groups is 1. The van der Waals surface area contributed by atoms with Crippen molar-refractivity contribution in [2.45, 2.75) is 0 Å². The number of halogens is 1. The molecule has 0 radical (unpaired) electrons. The topological polar surface area (TPSA) is 80.7 Å². The highest BCUT2D eigenvalue weighted by Crippen LogP contribution is 2.39. The maximum atomic E-state index is 13.7. The summed E-state index contributed by atoms with van der Waals surface area (Å²) in [5, 5.41) is 1.12. The number of benzene rings is 2. The van der Waals surface area contributed by atoms with Crippen molar-refractivity contribution >= 4 is 55.2 Å². The van der Waals surface area contributed by atoms with Crippen LogP contribution in [0.15, 0.2) is 42.6 Å². The molecule has 0 saturated carbocycles. The Balaban J connectivity index is 1.52. The molecule has 5 rings (SSSR count). The first-order valence-electron chi connectivity index (χ1n) is 10.6. The van der Waals surface area contributed by atoms with E-state index in [4.69, 9.17) is 26.1 Å². The molecule has 1 saturated heterocycles. The molecule has 1 aliphatic heterocycles. The molecule has 0 unspecified atom stereocenters. The lowest BCUT2D eigenvalue weighted by Gasteiger charge is -2.29. The maximum absolute atomic E-state index is 13.7. The van der Waals surface area contributed by atoms with Crippen LogP contribution >= 0.6 is 22.9 Å². The third-order valence-corrected chi connectivity index (χ3v) is 7.09. The second-order valence-electron chi connectivity index (χ2n) is 7.58. The smallest absolute Gasteiger partial charge is 0.280 e. The molecule has 1 fully saturated rings. The van der Waals surface area contributed by atoms with Gasteiger partial charge in [-0.05, 0) is 24.3 Å². The summed E-state index contributed by atoms with van der Waals surface area (Å²) < 4.78 is 11.7. The van der Waals surface area contributed by atoms with Crippen LogP contribution in [0.4, 0.5) is 5.13 Å². The van der Waals surface area contributed by atoms with Gasteiger partial charge in [-0.1, -0.05) is 35.1 Å². The van der Waals surface area contributed by atoms with E-state index in [1.165, 1.54) is 17.5 Å². The zero-order chi connectivity index (χ0) is 22.8. The molecule has 33 heavy (non-hydrogen) atoms. The highest BCUT2D eigenvalue weighted by molar-refractivity contribution is 7.23.